The minimum Gasteiger partial charge on any atom is -0.349 e. The van der Waals surface area contributed by atoms with Gasteiger partial charge in [0.25, 0.3) is 5.91 Å². The smallest absolute Gasteiger partial charge is 0.251 e. The van der Waals surface area contributed by atoms with E-state index in [2.05, 4.69) is 49.9 Å². The highest BCUT2D eigenvalue weighted by Crippen LogP contribution is 2.36. The van der Waals surface area contributed by atoms with Crippen molar-refractivity contribution in [3.63, 3.8) is 0 Å². The number of carbonyl (C=O) groups is 1. The van der Waals surface area contributed by atoms with Crippen molar-refractivity contribution in [1.82, 2.24) is 15.2 Å². The fourth-order valence-electron chi connectivity index (χ4n) is 3.25. The molecule has 1 N–H and O–H groups in total. The zero-order valence-electron chi connectivity index (χ0n) is 13.1. The number of hydrogen-bond acceptors (Lipinski definition) is 3. The zero-order valence-corrected chi connectivity index (χ0v) is 13.1. The third-order valence-electron chi connectivity index (χ3n) is 4.59. The van der Waals surface area contributed by atoms with E-state index in [0.29, 0.717) is 5.56 Å². The first-order chi connectivity index (χ1) is 9.22. The van der Waals surface area contributed by atoms with Gasteiger partial charge in [-0.2, -0.15) is 0 Å². The van der Waals surface area contributed by atoms with Gasteiger partial charge >= 0.3 is 0 Å². The molecule has 20 heavy (non-hydrogen) atoms. The number of likely N-dealkylation sites (tertiary alicyclic amines) is 1. The molecule has 1 saturated heterocycles. The lowest BCUT2D eigenvalue weighted by molar-refractivity contribution is -0.0169. The van der Waals surface area contributed by atoms with E-state index in [1.165, 1.54) is 0 Å². The Morgan fingerprint density at radius 2 is 1.70 bits per heavy atom. The molecule has 1 fully saturated rings. The van der Waals surface area contributed by atoms with Gasteiger partial charge in [-0.25, -0.2) is 0 Å². The Kier molecular flexibility index (Phi) is 3.87. The lowest BCUT2D eigenvalue weighted by Gasteiger charge is -2.53. The molecule has 4 nitrogen and oxygen atoms in total. The minimum atomic E-state index is -0.00597. The second kappa shape index (κ2) is 5.17. The lowest BCUT2D eigenvalue weighted by atomic mass is 9.77. The van der Waals surface area contributed by atoms with E-state index in [1.54, 1.807) is 24.5 Å². The van der Waals surface area contributed by atoms with Crippen LogP contribution in [0.4, 0.5) is 0 Å². The summed E-state index contributed by atoms with van der Waals surface area (Å²) in [4.78, 5) is 18.6. The number of carbonyl (C=O) groups excluding carboxylic acids is 1. The summed E-state index contributed by atoms with van der Waals surface area (Å²) in [6, 6.07) is 3.71. The number of hydrogen-bond donors (Lipinski definition) is 1. The van der Waals surface area contributed by atoms with Gasteiger partial charge in [0.05, 0.1) is 0 Å². The van der Waals surface area contributed by atoms with Gasteiger partial charge in [-0.1, -0.05) is 0 Å². The molecule has 0 atom stereocenters. The number of piperidine rings is 1. The Bertz CT molecular complexity index is 464. The summed E-state index contributed by atoms with van der Waals surface area (Å²) in [5.41, 5.74) is 0.838. The van der Waals surface area contributed by atoms with Crippen LogP contribution in [-0.2, 0) is 0 Å². The van der Waals surface area contributed by atoms with Crippen molar-refractivity contribution < 1.29 is 4.79 Å². The van der Waals surface area contributed by atoms with Crippen molar-refractivity contribution in [1.29, 1.82) is 0 Å². The van der Waals surface area contributed by atoms with Crippen LogP contribution in [0.2, 0.25) is 0 Å². The van der Waals surface area contributed by atoms with E-state index >= 15 is 0 Å². The SMILES string of the molecule is CN1C(C)(C)CC(NC(=O)c2ccncc2)CC1(C)C. The normalized spacial score (nSPS) is 22.4. The van der Waals surface area contributed by atoms with Crippen LogP contribution in [0.3, 0.4) is 0 Å². The zero-order chi connectivity index (χ0) is 15.0. The van der Waals surface area contributed by atoms with Crippen molar-refractivity contribution >= 4 is 5.91 Å². The highest BCUT2D eigenvalue weighted by atomic mass is 16.1. The van der Waals surface area contributed by atoms with Crippen molar-refractivity contribution in [3.05, 3.63) is 30.1 Å². The van der Waals surface area contributed by atoms with Crippen LogP contribution in [0.1, 0.15) is 50.9 Å². The molecular formula is C16H25N3O. The van der Waals surface area contributed by atoms with Crippen molar-refractivity contribution in [2.45, 2.75) is 57.7 Å². The van der Waals surface area contributed by atoms with Crippen LogP contribution in [-0.4, -0.2) is 40.0 Å². The van der Waals surface area contributed by atoms with E-state index in [1.807, 2.05) is 0 Å². The molecule has 0 aliphatic carbocycles. The molecular weight excluding hydrogens is 250 g/mol. The first kappa shape index (κ1) is 15.0. The summed E-state index contributed by atoms with van der Waals surface area (Å²) in [5.74, 6) is -0.00597. The Morgan fingerprint density at radius 3 is 2.20 bits per heavy atom. The lowest BCUT2D eigenvalue weighted by Crippen LogP contribution is -2.62. The summed E-state index contributed by atoms with van der Waals surface area (Å²) in [6.45, 7) is 8.94. The molecule has 1 aromatic rings. The number of nitrogens with one attached hydrogen (secondary N) is 1. The summed E-state index contributed by atoms with van der Waals surface area (Å²) < 4.78 is 0. The third kappa shape index (κ3) is 3.01. The van der Waals surface area contributed by atoms with E-state index in [-0.39, 0.29) is 23.0 Å². The van der Waals surface area contributed by atoms with Gasteiger partial charge in [0.2, 0.25) is 0 Å². The quantitative estimate of drug-likeness (QED) is 0.902. The molecule has 1 aromatic heterocycles. The van der Waals surface area contributed by atoms with Crippen LogP contribution in [0.15, 0.2) is 24.5 Å². The number of aromatic nitrogens is 1. The van der Waals surface area contributed by atoms with Crippen molar-refractivity contribution in [2.75, 3.05) is 7.05 Å². The molecule has 0 spiro atoms. The van der Waals surface area contributed by atoms with Gasteiger partial charge in [0.1, 0.15) is 0 Å². The third-order valence-corrected chi connectivity index (χ3v) is 4.59. The highest BCUT2D eigenvalue weighted by Gasteiger charge is 2.43. The maximum Gasteiger partial charge on any atom is 0.251 e. The van der Waals surface area contributed by atoms with Crippen molar-refractivity contribution in [3.8, 4) is 0 Å². The maximum atomic E-state index is 12.3. The minimum absolute atomic E-state index is 0.00597. The first-order valence-corrected chi connectivity index (χ1v) is 7.17. The van der Waals surface area contributed by atoms with Gasteiger partial charge < -0.3 is 5.32 Å². The first-order valence-electron chi connectivity index (χ1n) is 7.17. The van der Waals surface area contributed by atoms with E-state index in [9.17, 15) is 4.79 Å². The van der Waals surface area contributed by atoms with Crippen LogP contribution in [0, 0.1) is 0 Å². The predicted molar refractivity (Wildman–Crippen MR) is 80.6 cm³/mol. The molecule has 4 heteroatoms. The molecule has 0 radical (unpaired) electrons. The average Bonchev–Trinajstić information content (AvgIpc) is 2.36. The standard InChI is InChI=1S/C16H25N3O/c1-15(2)10-13(11-16(3,4)19(15)5)18-14(20)12-6-8-17-9-7-12/h6-9,13H,10-11H2,1-5H3,(H,18,20). The van der Waals surface area contributed by atoms with E-state index in [4.69, 9.17) is 0 Å². The number of nitrogens with zero attached hydrogens (tertiary/aromatic N) is 2. The van der Waals surface area contributed by atoms with E-state index in [0.717, 1.165) is 12.8 Å². The molecule has 2 rings (SSSR count). The summed E-state index contributed by atoms with van der Waals surface area (Å²) >= 11 is 0. The fourth-order valence-corrected chi connectivity index (χ4v) is 3.25. The molecule has 0 saturated carbocycles. The predicted octanol–water partition coefficient (Wildman–Crippen LogP) is 2.46. The van der Waals surface area contributed by atoms with Crippen molar-refractivity contribution in [2.24, 2.45) is 0 Å². The summed E-state index contributed by atoms with van der Waals surface area (Å²) in [6.07, 6.45) is 5.22. The molecule has 0 aromatic carbocycles. The number of rotatable bonds is 2. The second-order valence-corrected chi connectivity index (χ2v) is 7.00. The van der Waals surface area contributed by atoms with Gasteiger partial charge in [0, 0.05) is 35.1 Å². The Morgan fingerprint density at radius 1 is 1.20 bits per heavy atom. The summed E-state index contributed by atoms with van der Waals surface area (Å²) in [7, 11) is 2.17. The largest absolute Gasteiger partial charge is 0.349 e. The molecule has 0 unspecified atom stereocenters. The van der Waals surface area contributed by atoms with Gasteiger partial charge in [-0.05, 0) is 59.7 Å². The fraction of sp³-hybridized carbons (Fsp3) is 0.625. The molecule has 2 heterocycles. The van der Waals surface area contributed by atoms with Gasteiger partial charge in [-0.3, -0.25) is 14.7 Å². The average molecular weight is 275 g/mol. The second-order valence-electron chi connectivity index (χ2n) is 7.00. The Hall–Kier alpha value is -1.42. The van der Waals surface area contributed by atoms with Gasteiger partial charge in [0.15, 0.2) is 0 Å². The van der Waals surface area contributed by atoms with Gasteiger partial charge in [-0.15, -0.1) is 0 Å². The van der Waals surface area contributed by atoms with Crippen LogP contribution in [0.25, 0.3) is 0 Å². The van der Waals surface area contributed by atoms with E-state index < -0.39 is 0 Å². The Labute approximate surface area is 121 Å². The summed E-state index contributed by atoms with van der Waals surface area (Å²) in [5, 5.41) is 3.17. The maximum absolute atomic E-state index is 12.3. The Balaban J connectivity index is 2.09. The number of pyridine rings is 1. The topological polar surface area (TPSA) is 45.2 Å². The molecule has 1 amide bonds. The number of amides is 1. The van der Waals surface area contributed by atoms with Crippen LogP contribution >= 0.6 is 0 Å². The molecule has 110 valence electrons. The highest BCUT2D eigenvalue weighted by molar-refractivity contribution is 5.94. The monoisotopic (exact) mass is 275 g/mol. The molecule has 0 bridgehead atoms. The van der Waals surface area contributed by atoms with Crippen LogP contribution in [0.5, 0.6) is 0 Å². The van der Waals surface area contributed by atoms with Crippen LogP contribution < -0.4 is 5.32 Å². The molecule has 1 aliphatic heterocycles. The molecule has 1 aliphatic rings.